The van der Waals surface area contributed by atoms with E-state index in [1.54, 1.807) is 14.0 Å². The number of benzene rings is 1. The summed E-state index contributed by atoms with van der Waals surface area (Å²) in [6.07, 6.45) is 0.352. The monoisotopic (exact) mass is 236 g/mol. The molecule has 0 bridgehead atoms. The van der Waals surface area contributed by atoms with Gasteiger partial charge in [0.1, 0.15) is 5.75 Å². The van der Waals surface area contributed by atoms with E-state index in [-0.39, 0.29) is 11.9 Å². The zero-order chi connectivity index (χ0) is 12.8. The number of hydrogen-bond donors (Lipinski definition) is 2. The summed E-state index contributed by atoms with van der Waals surface area (Å²) >= 11 is 0. The van der Waals surface area contributed by atoms with E-state index in [2.05, 4.69) is 5.32 Å². The molecule has 0 saturated heterocycles. The third-order valence-electron chi connectivity index (χ3n) is 2.41. The molecule has 0 radical (unpaired) electrons. The molecule has 17 heavy (non-hydrogen) atoms. The van der Waals surface area contributed by atoms with Crippen molar-refractivity contribution < 1.29 is 9.53 Å². The van der Waals surface area contributed by atoms with Gasteiger partial charge in [-0.1, -0.05) is 12.1 Å². The molecule has 0 aliphatic heterocycles. The zero-order valence-corrected chi connectivity index (χ0v) is 10.6. The maximum atomic E-state index is 11.3. The first kappa shape index (κ1) is 13.5. The molecule has 0 saturated carbocycles. The van der Waals surface area contributed by atoms with Crippen molar-refractivity contribution in [1.82, 2.24) is 5.32 Å². The number of hydrogen-bond acceptors (Lipinski definition) is 3. The minimum Gasteiger partial charge on any atom is -0.481 e. The molecule has 1 rings (SSSR count). The molecule has 3 N–H and O–H groups in total. The summed E-state index contributed by atoms with van der Waals surface area (Å²) in [6, 6.07) is 7.80. The average Bonchev–Trinajstić information content (AvgIpc) is 2.30. The van der Waals surface area contributed by atoms with Crippen LogP contribution in [0.1, 0.15) is 19.4 Å². The van der Waals surface area contributed by atoms with Gasteiger partial charge in [-0.15, -0.1) is 0 Å². The minimum atomic E-state index is -0.487. The summed E-state index contributed by atoms with van der Waals surface area (Å²) in [6.45, 7) is 3.69. The fourth-order valence-electron chi connectivity index (χ4n) is 1.54. The normalized spacial score (nSPS) is 13.9. The van der Waals surface area contributed by atoms with Gasteiger partial charge in [0, 0.05) is 13.1 Å². The maximum absolute atomic E-state index is 11.3. The average molecular weight is 236 g/mol. The number of likely N-dealkylation sites (N-methyl/N-ethyl adjacent to an activating group) is 1. The molecule has 0 aliphatic rings. The van der Waals surface area contributed by atoms with Crippen molar-refractivity contribution >= 4 is 5.91 Å². The Bertz CT molecular complexity index is 360. The first-order chi connectivity index (χ1) is 8.02. The Morgan fingerprint density at radius 1 is 1.35 bits per heavy atom. The van der Waals surface area contributed by atoms with Crippen LogP contribution >= 0.6 is 0 Å². The Kier molecular flexibility index (Phi) is 4.97. The first-order valence-corrected chi connectivity index (χ1v) is 5.75. The number of nitrogens with one attached hydrogen (secondary N) is 1. The number of carbonyl (C=O) groups excluding carboxylic acids is 1. The second-order valence-corrected chi connectivity index (χ2v) is 4.20. The lowest BCUT2D eigenvalue weighted by molar-refractivity contribution is -0.126. The summed E-state index contributed by atoms with van der Waals surface area (Å²) in [4.78, 5) is 11.3. The highest BCUT2D eigenvalue weighted by Gasteiger charge is 2.12. The van der Waals surface area contributed by atoms with Gasteiger partial charge in [-0.25, -0.2) is 0 Å². The molecule has 0 fully saturated rings. The summed E-state index contributed by atoms with van der Waals surface area (Å²) in [5.74, 6) is 0.555. The van der Waals surface area contributed by atoms with Crippen molar-refractivity contribution in [1.29, 1.82) is 0 Å². The topological polar surface area (TPSA) is 64.3 Å². The van der Waals surface area contributed by atoms with Crippen LogP contribution in [0.3, 0.4) is 0 Å². The fraction of sp³-hybridized carbons (Fsp3) is 0.462. The standard InChI is InChI=1S/C13H20N2O2/c1-9(14)8-11-4-6-12(7-5-11)17-10(2)13(16)15-3/h4-7,9-10H,8,14H2,1-3H3,(H,15,16). The van der Waals surface area contributed by atoms with Gasteiger partial charge in [0.15, 0.2) is 6.10 Å². The molecule has 1 amide bonds. The van der Waals surface area contributed by atoms with Crippen molar-refractivity contribution in [2.24, 2.45) is 5.73 Å². The third kappa shape index (κ3) is 4.44. The highest BCUT2D eigenvalue weighted by atomic mass is 16.5. The highest BCUT2D eigenvalue weighted by molar-refractivity contribution is 5.80. The summed E-state index contributed by atoms with van der Waals surface area (Å²) in [7, 11) is 1.59. The fourth-order valence-corrected chi connectivity index (χ4v) is 1.54. The van der Waals surface area contributed by atoms with Crippen molar-refractivity contribution in [2.75, 3.05) is 7.05 Å². The highest BCUT2D eigenvalue weighted by Crippen LogP contribution is 2.14. The van der Waals surface area contributed by atoms with Crippen molar-refractivity contribution in [3.8, 4) is 5.75 Å². The first-order valence-electron chi connectivity index (χ1n) is 5.75. The van der Waals surface area contributed by atoms with Crippen LogP contribution in [-0.4, -0.2) is 25.1 Å². The molecule has 4 nitrogen and oxygen atoms in total. The lowest BCUT2D eigenvalue weighted by Crippen LogP contribution is -2.33. The summed E-state index contributed by atoms with van der Waals surface area (Å²) in [5, 5.41) is 2.54. The number of amides is 1. The van der Waals surface area contributed by atoms with Crippen LogP contribution in [0.25, 0.3) is 0 Å². The number of nitrogens with two attached hydrogens (primary N) is 1. The molecule has 2 unspecified atom stereocenters. The van der Waals surface area contributed by atoms with Crippen molar-refractivity contribution in [3.05, 3.63) is 29.8 Å². The van der Waals surface area contributed by atoms with Gasteiger partial charge in [-0.3, -0.25) is 4.79 Å². The second-order valence-electron chi connectivity index (χ2n) is 4.20. The predicted molar refractivity (Wildman–Crippen MR) is 68.0 cm³/mol. The summed E-state index contributed by atoms with van der Waals surface area (Å²) in [5.41, 5.74) is 6.88. The van der Waals surface area contributed by atoms with Gasteiger partial charge >= 0.3 is 0 Å². The minimum absolute atomic E-state index is 0.135. The van der Waals surface area contributed by atoms with E-state index in [0.717, 1.165) is 6.42 Å². The van der Waals surface area contributed by atoms with E-state index in [1.165, 1.54) is 5.56 Å². The molecule has 0 spiro atoms. The van der Waals surface area contributed by atoms with Crippen LogP contribution in [0.15, 0.2) is 24.3 Å². The van der Waals surface area contributed by atoms with Gasteiger partial charge in [-0.2, -0.15) is 0 Å². The lowest BCUT2D eigenvalue weighted by atomic mass is 10.1. The number of rotatable bonds is 5. The quantitative estimate of drug-likeness (QED) is 0.804. The zero-order valence-electron chi connectivity index (χ0n) is 10.6. The van der Waals surface area contributed by atoms with E-state index >= 15 is 0 Å². The van der Waals surface area contributed by atoms with Gasteiger partial charge in [0.2, 0.25) is 0 Å². The van der Waals surface area contributed by atoms with Crippen LogP contribution < -0.4 is 15.8 Å². The Hall–Kier alpha value is -1.55. The maximum Gasteiger partial charge on any atom is 0.260 e. The van der Waals surface area contributed by atoms with Crippen LogP contribution in [-0.2, 0) is 11.2 Å². The molecule has 2 atom stereocenters. The molecule has 1 aromatic carbocycles. The van der Waals surface area contributed by atoms with E-state index < -0.39 is 6.10 Å². The smallest absolute Gasteiger partial charge is 0.260 e. The predicted octanol–water partition coefficient (Wildman–Crippen LogP) is 1.09. The van der Waals surface area contributed by atoms with Crippen LogP contribution in [0.5, 0.6) is 5.75 Å². The number of ether oxygens (including phenoxy) is 1. The second kappa shape index (κ2) is 6.25. The van der Waals surface area contributed by atoms with Crippen LogP contribution in [0.2, 0.25) is 0 Å². The van der Waals surface area contributed by atoms with E-state index in [4.69, 9.17) is 10.5 Å². The van der Waals surface area contributed by atoms with Crippen molar-refractivity contribution in [2.45, 2.75) is 32.4 Å². The lowest BCUT2D eigenvalue weighted by Gasteiger charge is -2.13. The molecule has 4 heteroatoms. The largest absolute Gasteiger partial charge is 0.481 e. The van der Waals surface area contributed by atoms with Gasteiger partial charge in [0.25, 0.3) is 5.91 Å². The molecule has 0 aromatic heterocycles. The van der Waals surface area contributed by atoms with E-state index in [9.17, 15) is 4.79 Å². The Morgan fingerprint density at radius 2 is 1.94 bits per heavy atom. The Balaban J connectivity index is 2.59. The number of carbonyl (C=O) groups is 1. The Morgan fingerprint density at radius 3 is 2.41 bits per heavy atom. The molecule has 94 valence electrons. The van der Waals surface area contributed by atoms with Gasteiger partial charge in [-0.05, 0) is 38.0 Å². The van der Waals surface area contributed by atoms with E-state index in [0.29, 0.717) is 5.75 Å². The summed E-state index contributed by atoms with van der Waals surface area (Å²) < 4.78 is 5.48. The molecule has 0 aliphatic carbocycles. The molecular formula is C13H20N2O2. The third-order valence-corrected chi connectivity index (χ3v) is 2.41. The molecule has 0 heterocycles. The molecule has 1 aromatic rings. The molecular weight excluding hydrogens is 216 g/mol. The van der Waals surface area contributed by atoms with Crippen molar-refractivity contribution in [3.63, 3.8) is 0 Å². The Labute approximate surface area is 102 Å². The van der Waals surface area contributed by atoms with Gasteiger partial charge < -0.3 is 15.8 Å². The van der Waals surface area contributed by atoms with Crippen LogP contribution in [0.4, 0.5) is 0 Å². The SMILES string of the molecule is CNC(=O)C(C)Oc1ccc(CC(C)N)cc1. The van der Waals surface area contributed by atoms with Gasteiger partial charge in [0.05, 0.1) is 0 Å². The van der Waals surface area contributed by atoms with E-state index in [1.807, 2.05) is 31.2 Å². The van der Waals surface area contributed by atoms with Crippen LogP contribution in [0, 0.1) is 0 Å².